The number of nitrogens with one attached hydrogen (secondary N) is 1. The van der Waals surface area contributed by atoms with Gasteiger partial charge in [0.15, 0.2) is 0 Å². The van der Waals surface area contributed by atoms with Crippen LogP contribution >= 0.6 is 11.3 Å². The summed E-state index contributed by atoms with van der Waals surface area (Å²) in [6, 6.07) is 2.18. The minimum absolute atomic E-state index is 0.00572. The highest BCUT2D eigenvalue weighted by molar-refractivity contribution is 7.89. The Hall–Kier alpha value is -0.470. The molecule has 7 heteroatoms. The highest BCUT2D eigenvalue weighted by atomic mass is 32.2. The fourth-order valence-corrected chi connectivity index (χ4v) is 4.90. The molecule has 3 rings (SSSR count). The Bertz CT molecular complexity index is 603. The van der Waals surface area contributed by atoms with Crippen LogP contribution in [0.15, 0.2) is 16.8 Å². The lowest BCUT2D eigenvalue weighted by molar-refractivity contribution is -0.118. The summed E-state index contributed by atoms with van der Waals surface area (Å²) in [6.07, 6.45) is 4.20. The van der Waals surface area contributed by atoms with Crippen molar-refractivity contribution >= 4 is 21.4 Å². The van der Waals surface area contributed by atoms with E-state index >= 15 is 0 Å². The Morgan fingerprint density at radius 3 is 3.09 bits per heavy atom. The number of hydrogen-bond donors (Lipinski definition) is 1. The van der Waals surface area contributed by atoms with E-state index in [9.17, 15) is 8.42 Å². The first-order valence-electron chi connectivity index (χ1n) is 8.39. The summed E-state index contributed by atoms with van der Waals surface area (Å²) >= 11 is 1.74. The lowest BCUT2D eigenvalue weighted by Gasteiger charge is -2.39. The van der Waals surface area contributed by atoms with Gasteiger partial charge in [-0.05, 0) is 55.0 Å². The molecule has 0 unspecified atom stereocenters. The molecule has 0 bridgehead atoms. The van der Waals surface area contributed by atoms with E-state index in [0.717, 1.165) is 45.3 Å². The normalized spacial score (nSPS) is 29.3. The number of ether oxygens (including phenoxy) is 1. The molecule has 2 fully saturated rings. The van der Waals surface area contributed by atoms with Crippen molar-refractivity contribution in [3.05, 3.63) is 22.4 Å². The van der Waals surface area contributed by atoms with E-state index in [-0.39, 0.29) is 17.5 Å². The van der Waals surface area contributed by atoms with E-state index < -0.39 is 10.0 Å². The Kier molecular flexibility index (Phi) is 5.42. The second-order valence-electron chi connectivity index (χ2n) is 6.66. The molecule has 1 spiro atoms. The number of rotatable bonds is 6. The molecule has 0 aliphatic carbocycles. The maximum Gasteiger partial charge on any atom is 0.211 e. The average Bonchev–Trinajstić information content (AvgIpc) is 3.17. The summed E-state index contributed by atoms with van der Waals surface area (Å²) < 4.78 is 32.2. The van der Waals surface area contributed by atoms with Crippen LogP contribution in [-0.4, -0.2) is 50.4 Å². The van der Waals surface area contributed by atoms with Crippen LogP contribution in [0.5, 0.6) is 0 Å². The zero-order chi connectivity index (χ0) is 16.3. The van der Waals surface area contributed by atoms with Crippen LogP contribution in [0.25, 0.3) is 0 Å². The summed E-state index contributed by atoms with van der Waals surface area (Å²) in [4.78, 5) is 2.46. The standard InChI is InChI=1S/C16H26N2O3S2/c1-2-23(19,20)17-10-15-4-3-6-16(21-15)7-8-18(13-16)11-14-5-9-22-12-14/h5,9,12,15,17H,2-4,6-8,10-11,13H2,1H3/t15-,16-/m0/s1. The molecule has 2 aliphatic rings. The lowest BCUT2D eigenvalue weighted by atomic mass is 9.90. The summed E-state index contributed by atoms with van der Waals surface area (Å²) in [6.45, 7) is 5.07. The highest BCUT2D eigenvalue weighted by Gasteiger charge is 2.42. The minimum Gasteiger partial charge on any atom is -0.369 e. The van der Waals surface area contributed by atoms with Crippen molar-refractivity contribution in [3.63, 3.8) is 0 Å². The molecule has 130 valence electrons. The van der Waals surface area contributed by atoms with Gasteiger partial charge in [0.1, 0.15) is 0 Å². The average molecular weight is 359 g/mol. The van der Waals surface area contributed by atoms with Gasteiger partial charge in [-0.3, -0.25) is 4.90 Å². The molecule has 0 radical (unpaired) electrons. The monoisotopic (exact) mass is 358 g/mol. The van der Waals surface area contributed by atoms with Crippen LogP contribution in [-0.2, 0) is 21.3 Å². The van der Waals surface area contributed by atoms with Gasteiger partial charge in [0, 0.05) is 26.2 Å². The smallest absolute Gasteiger partial charge is 0.211 e. The summed E-state index contributed by atoms with van der Waals surface area (Å²) in [7, 11) is -3.14. The molecule has 1 N–H and O–H groups in total. The number of hydrogen-bond acceptors (Lipinski definition) is 5. The number of sulfonamides is 1. The maximum atomic E-state index is 11.6. The van der Waals surface area contributed by atoms with Gasteiger partial charge in [-0.2, -0.15) is 11.3 Å². The Balaban J connectivity index is 1.53. The van der Waals surface area contributed by atoms with E-state index in [1.807, 2.05) is 0 Å². The van der Waals surface area contributed by atoms with Crippen molar-refractivity contribution in [1.29, 1.82) is 0 Å². The number of thiophene rings is 1. The molecule has 1 aromatic rings. The first-order chi connectivity index (χ1) is 11.0. The van der Waals surface area contributed by atoms with Crippen molar-refractivity contribution in [2.75, 3.05) is 25.4 Å². The Morgan fingerprint density at radius 1 is 1.48 bits per heavy atom. The summed E-state index contributed by atoms with van der Waals surface area (Å²) in [5, 5.41) is 4.32. The van der Waals surface area contributed by atoms with Gasteiger partial charge in [-0.1, -0.05) is 0 Å². The number of nitrogens with zero attached hydrogens (tertiary/aromatic N) is 1. The second-order valence-corrected chi connectivity index (χ2v) is 9.53. The predicted molar refractivity (Wildman–Crippen MR) is 93.1 cm³/mol. The van der Waals surface area contributed by atoms with Gasteiger partial charge >= 0.3 is 0 Å². The van der Waals surface area contributed by atoms with Crippen molar-refractivity contribution in [2.24, 2.45) is 0 Å². The third-order valence-corrected chi connectivity index (χ3v) is 6.97. The van der Waals surface area contributed by atoms with Crippen molar-refractivity contribution in [3.8, 4) is 0 Å². The van der Waals surface area contributed by atoms with Gasteiger partial charge in [-0.15, -0.1) is 0 Å². The molecule has 0 amide bonds. The molecule has 0 saturated carbocycles. The van der Waals surface area contributed by atoms with E-state index in [2.05, 4.69) is 26.4 Å². The summed E-state index contributed by atoms with van der Waals surface area (Å²) in [5.74, 6) is 0.124. The highest BCUT2D eigenvalue weighted by Crippen LogP contribution is 2.37. The van der Waals surface area contributed by atoms with Crippen LogP contribution < -0.4 is 4.72 Å². The largest absolute Gasteiger partial charge is 0.369 e. The SMILES string of the molecule is CCS(=O)(=O)NC[C@@H]1CCC[C@@]2(CCN(Cc3ccsc3)C2)O1. The second kappa shape index (κ2) is 7.19. The van der Waals surface area contributed by atoms with Crippen LogP contribution in [0.3, 0.4) is 0 Å². The molecular weight excluding hydrogens is 332 g/mol. The molecule has 0 aromatic carbocycles. The third-order valence-electron chi connectivity index (χ3n) is 4.87. The fourth-order valence-electron chi connectivity index (χ4n) is 3.59. The molecule has 2 saturated heterocycles. The minimum atomic E-state index is -3.14. The zero-order valence-electron chi connectivity index (χ0n) is 13.7. The summed E-state index contributed by atoms with van der Waals surface area (Å²) in [5.41, 5.74) is 1.30. The van der Waals surface area contributed by atoms with E-state index in [1.54, 1.807) is 18.3 Å². The van der Waals surface area contributed by atoms with Gasteiger partial charge < -0.3 is 4.74 Å². The number of likely N-dealkylation sites (tertiary alicyclic amines) is 1. The van der Waals surface area contributed by atoms with Gasteiger partial charge in [0.05, 0.1) is 17.5 Å². The van der Waals surface area contributed by atoms with Crippen LogP contribution in [0.2, 0.25) is 0 Å². The van der Waals surface area contributed by atoms with Gasteiger partial charge in [0.25, 0.3) is 0 Å². The molecule has 1 aromatic heterocycles. The quantitative estimate of drug-likeness (QED) is 0.847. The first kappa shape index (κ1) is 17.4. The van der Waals surface area contributed by atoms with E-state index in [4.69, 9.17) is 4.74 Å². The zero-order valence-corrected chi connectivity index (χ0v) is 15.3. The van der Waals surface area contributed by atoms with Crippen molar-refractivity contribution in [2.45, 2.75) is 50.9 Å². The third kappa shape index (κ3) is 4.54. The van der Waals surface area contributed by atoms with E-state index in [1.165, 1.54) is 5.56 Å². The maximum absolute atomic E-state index is 11.6. The van der Waals surface area contributed by atoms with Crippen LogP contribution in [0.1, 0.15) is 38.2 Å². The predicted octanol–water partition coefficient (Wildman–Crippen LogP) is 2.20. The van der Waals surface area contributed by atoms with Crippen LogP contribution in [0, 0.1) is 0 Å². The first-order valence-corrected chi connectivity index (χ1v) is 11.0. The molecule has 5 nitrogen and oxygen atoms in total. The topological polar surface area (TPSA) is 58.6 Å². The Labute approximate surface area is 143 Å². The molecule has 2 aliphatic heterocycles. The van der Waals surface area contributed by atoms with Crippen LogP contribution in [0.4, 0.5) is 0 Å². The molecular formula is C16H26N2O3S2. The van der Waals surface area contributed by atoms with Crippen molar-refractivity contribution < 1.29 is 13.2 Å². The molecule has 2 atom stereocenters. The Morgan fingerprint density at radius 2 is 2.35 bits per heavy atom. The lowest BCUT2D eigenvalue weighted by Crippen LogP contribution is -2.46. The van der Waals surface area contributed by atoms with E-state index in [0.29, 0.717) is 6.54 Å². The molecule has 3 heterocycles. The molecule has 23 heavy (non-hydrogen) atoms. The van der Waals surface area contributed by atoms with Gasteiger partial charge in [-0.25, -0.2) is 13.1 Å². The fraction of sp³-hybridized carbons (Fsp3) is 0.750. The van der Waals surface area contributed by atoms with Crippen molar-refractivity contribution in [1.82, 2.24) is 9.62 Å². The van der Waals surface area contributed by atoms with Gasteiger partial charge in [0.2, 0.25) is 10.0 Å².